The number of fused-ring (bicyclic) bond motifs is 3. The standard InChI is InChI=1S/C76H73N7O7/c1-74(2,3)57-32-26-54(27-33-57)71-81-78-68(88-71)51-20-14-47(15-21-51)43-85-65-40-50(46-84-60-38-39-62-61-12-10-11-13-63(61)77-64(62)42-60)41-66(86-44-48-16-22-52(23-17-48)69-79-82-72(89-69)55-28-34-58(35-29-55)75(4,5)6)67(65)87-45-49-18-24-53(25-19-49)70-80-83-73(90-70)56-30-36-59(37-31-56)76(7,8)9/h10-16,18,20-42,48-49,77H,17,19,43-46H2,1-9H3. The van der Waals surface area contributed by atoms with E-state index in [1.54, 1.807) is 0 Å². The zero-order valence-corrected chi connectivity index (χ0v) is 52.3. The Morgan fingerprint density at radius 2 is 0.833 bits per heavy atom. The van der Waals surface area contributed by atoms with E-state index < -0.39 is 0 Å². The van der Waals surface area contributed by atoms with Gasteiger partial charge in [0.2, 0.25) is 41.1 Å². The second-order valence-corrected chi connectivity index (χ2v) is 26.4. The first kappa shape index (κ1) is 58.9. The highest BCUT2D eigenvalue weighted by molar-refractivity contribution is 6.07. The van der Waals surface area contributed by atoms with Crippen molar-refractivity contribution in [3.8, 4) is 68.8 Å². The first-order valence-electron chi connectivity index (χ1n) is 30.8. The van der Waals surface area contributed by atoms with Gasteiger partial charge in [-0.15, -0.1) is 30.6 Å². The predicted molar refractivity (Wildman–Crippen MR) is 353 cm³/mol. The maximum absolute atomic E-state index is 6.93. The average molecular weight is 1200 g/mol. The van der Waals surface area contributed by atoms with Crippen molar-refractivity contribution in [3.05, 3.63) is 228 Å². The molecule has 7 aromatic carbocycles. The lowest BCUT2D eigenvalue weighted by Gasteiger charge is -2.23. The van der Waals surface area contributed by atoms with E-state index >= 15 is 0 Å². The lowest BCUT2D eigenvalue weighted by Crippen LogP contribution is -2.15. The number of allylic oxidation sites excluding steroid dienone is 6. The zero-order chi connectivity index (χ0) is 62.2. The molecule has 2 atom stereocenters. The maximum atomic E-state index is 6.93. The summed E-state index contributed by atoms with van der Waals surface area (Å²) in [7, 11) is 0. The van der Waals surface area contributed by atoms with E-state index in [-0.39, 0.29) is 41.3 Å². The number of ether oxygens (including phenoxy) is 4. The minimum absolute atomic E-state index is 0.00265. The first-order valence-corrected chi connectivity index (χ1v) is 30.8. The Bertz CT molecular complexity index is 4480. The Morgan fingerprint density at radius 1 is 0.411 bits per heavy atom. The van der Waals surface area contributed by atoms with Crippen LogP contribution >= 0.6 is 0 Å². The number of aromatic nitrogens is 7. The van der Waals surface area contributed by atoms with Crippen molar-refractivity contribution in [3.63, 3.8) is 0 Å². The van der Waals surface area contributed by atoms with E-state index in [1.807, 2.05) is 103 Å². The smallest absolute Gasteiger partial charge is 0.248 e. The minimum Gasteiger partial charge on any atom is -0.489 e. The van der Waals surface area contributed by atoms with Gasteiger partial charge in [0.25, 0.3) is 0 Å². The quantitative estimate of drug-likeness (QED) is 0.0862. The minimum atomic E-state index is 0.00265. The van der Waals surface area contributed by atoms with Gasteiger partial charge in [-0.3, -0.25) is 0 Å². The Hall–Kier alpha value is -10.1. The number of hydrogen-bond acceptors (Lipinski definition) is 13. The lowest BCUT2D eigenvalue weighted by molar-refractivity contribution is 0.214. The topological polar surface area (TPSA) is 169 Å². The molecule has 90 heavy (non-hydrogen) atoms. The molecule has 1 N–H and O–H groups in total. The summed E-state index contributed by atoms with van der Waals surface area (Å²) >= 11 is 0. The number of rotatable bonds is 18. The second kappa shape index (κ2) is 24.5. The Labute approximate surface area is 524 Å². The molecule has 0 aliphatic heterocycles. The summed E-state index contributed by atoms with van der Waals surface area (Å²) in [5, 5.41) is 28.8. The van der Waals surface area contributed by atoms with Crippen molar-refractivity contribution < 1.29 is 32.2 Å². The third-order valence-electron chi connectivity index (χ3n) is 16.6. The Balaban J connectivity index is 0.762. The number of hydrogen-bond donors (Lipinski definition) is 1. The fourth-order valence-corrected chi connectivity index (χ4v) is 11.1. The number of nitrogens with one attached hydrogen (secondary N) is 1. The summed E-state index contributed by atoms with van der Waals surface area (Å²) < 4.78 is 45.9. The van der Waals surface area contributed by atoms with Crippen molar-refractivity contribution in [2.24, 2.45) is 11.8 Å². The molecular weight excluding hydrogens is 1120 g/mol. The van der Waals surface area contributed by atoms with E-state index in [4.69, 9.17) is 32.2 Å². The molecule has 0 spiro atoms. The van der Waals surface area contributed by atoms with Crippen LogP contribution in [-0.2, 0) is 29.5 Å². The maximum Gasteiger partial charge on any atom is 0.248 e. The average Bonchev–Trinajstić information content (AvgIpc) is 1.84. The third-order valence-corrected chi connectivity index (χ3v) is 16.6. The van der Waals surface area contributed by atoms with Gasteiger partial charge in [-0.25, -0.2) is 0 Å². The molecule has 14 nitrogen and oxygen atoms in total. The van der Waals surface area contributed by atoms with Crippen molar-refractivity contribution in [1.82, 2.24) is 35.6 Å². The molecule has 0 amide bonds. The highest BCUT2D eigenvalue weighted by Gasteiger charge is 2.25. The van der Waals surface area contributed by atoms with Gasteiger partial charge in [0, 0.05) is 67.6 Å². The molecule has 13 rings (SSSR count). The first-order chi connectivity index (χ1) is 43.4. The van der Waals surface area contributed by atoms with Crippen LogP contribution in [0, 0.1) is 11.8 Å². The monoisotopic (exact) mass is 1200 g/mol. The van der Waals surface area contributed by atoms with Crippen molar-refractivity contribution in [1.29, 1.82) is 0 Å². The highest BCUT2D eigenvalue weighted by atomic mass is 16.5. The summed E-state index contributed by atoms with van der Waals surface area (Å²) in [4.78, 5) is 3.55. The zero-order valence-electron chi connectivity index (χ0n) is 52.3. The predicted octanol–water partition coefficient (Wildman–Crippen LogP) is 18.3. The summed E-state index contributed by atoms with van der Waals surface area (Å²) in [6, 6.07) is 51.3. The van der Waals surface area contributed by atoms with Gasteiger partial charge >= 0.3 is 0 Å². The van der Waals surface area contributed by atoms with Crippen molar-refractivity contribution >= 4 is 33.0 Å². The molecule has 4 heterocycles. The second-order valence-electron chi connectivity index (χ2n) is 26.4. The van der Waals surface area contributed by atoms with Crippen LogP contribution in [0.3, 0.4) is 0 Å². The van der Waals surface area contributed by atoms with Crippen LogP contribution in [0.15, 0.2) is 201 Å². The number of H-pyrrole nitrogens is 1. The molecule has 11 aromatic rings. The number of para-hydroxylation sites is 1. The van der Waals surface area contributed by atoms with Gasteiger partial charge in [0.15, 0.2) is 11.5 Å². The van der Waals surface area contributed by atoms with Crippen LogP contribution in [0.25, 0.3) is 78.8 Å². The molecule has 2 aliphatic carbocycles. The highest BCUT2D eigenvalue weighted by Crippen LogP contribution is 2.42. The molecule has 14 heteroatoms. The third kappa shape index (κ3) is 13.2. The lowest BCUT2D eigenvalue weighted by atomic mass is 9.87. The summed E-state index contributed by atoms with van der Waals surface area (Å²) in [6.45, 7) is 20.9. The van der Waals surface area contributed by atoms with E-state index in [0.29, 0.717) is 78.6 Å². The molecule has 2 unspecified atom stereocenters. The molecule has 2 aliphatic rings. The molecule has 4 aromatic heterocycles. The number of benzene rings is 7. The normalized spacial score (nSPS) is 15.3. The Morgan fingerprint density at radius 3 is 1.31 bits per heavy atom. The SMILES string of the molecule is CC(C)(C)c1ccc(-c2nnc(C3=CCC(COc4cc(COc5ccc6c(c5)[nH]c5ccccc56)cc(OCc5ccc(-c6nnc(-c7ccc(C(C)(C)C)cc7)o6)cc5)c4OCC4C=CC(c5nnc(-c6ccc(C(C)(C)C)cc6)o5)=CC4)C=C3)o2)cc1. The number of nitrogens with zero attached hydrogens (tertiary/aromatic N) is 6. The van der Waals surface area contributed by atoms with Crippen LogP contribution in [0.4, 0.5) is 0 Å². The summed E-state index contributed by atoms with van der Waals surface area (Å²) in [5.41, 5.74) is 12.7. The molecule has 454 valence electrons. The molecule has 0 saturated carbocycles. The fraction of sp³-hybridized carbons (Fsp3) is 0.263. The largest absolute Gasteiger partial charge is 0.489 e. The van der Waals surface area contributed by atoms with Gasteiger partial charge in [-0.05, 0) is 136 Å². The van der Waals surface area contributed by atoms with Crippen LogP contribution in [0.5, 0.6) is 23.0 Å². The summed E-state index contributed by atoms with van der Waals surface area (Å²) in [6.07, 6.45) is 13.9. The molecule has 0 saturated heterocycles. The van der Waals surface area contributed by atoms with Gasteiger partial charge in [0.1, 0.15) is 19.0 Å². The van der Waals surface area contributed by atoms with Gasteiger partial charge in [-0.1, -0.05) is 165 Å². The molecule has 0 radical (unpaired) electrons. The fourth-order valence-electron chi connectivity index (χ4n) is 11.1. The van der Waals surface area contributed by atoms with E-state index in [9.17, 15) is 0 Å². The van der Waals surface area contributed by atoms with Gasteiger partial charge in [0.05, 0.1) is 18.7 Å². The molecular formula is C76H73N7O7. The number of aromatic amines is 1. The Kier molecular flexibility index (Phi) is 16.0. The van der Waals surface area contributed by atoms with E-state index in [0.717, 1.165) is 72.1 Å². The van der Waals surface area contributed by atoms with Crippen LogP contribution in [0.1, 0.15) is 115 Å². The van der Waals surface area contributed by atoms with E-state index in [1.165, 1.54) is 16.7 Å². The summed E-state index contributed by atoms with van der Waals surface area (Å²) in [5.74, 6) is 5.02. The molecule has 0 bridgehead atoms. The van der Waals surface area contributed by atoms with Crippen LogP contribution < -0.4 is 18.9 Å². The molecule has 0 fully saturated rings. The van der Waals surface area contributed by atoms with Crippen LogP contribution in [-0.4, -0.2) is 48.8 Å². The van der Waals surface area contributed by atoms with Crippen molar-refractivity contribution in [2.75, 3.05) is 13.2 Å². The van der Waals surface area contributed by atoms with E-state index in [2.05, 4.69) is 183 Å². The van der Waals surface area contributed by atoms with Crippen LogP contribution in [0.2, 0.25) is 0 Å². The van der Waals surface area contributed by atoms with Gasteiger partial charge < -0.3 is 37.2 Å². The van der Waals surface area contributed by atoms with Gasteiger partial charge in [-0.2, -0.15) is 0 Å². The van der Waals surface area contributed by atoms with Crippen molar-refractivity contribution in [2.45, 2.75) is 105 Å².